The standard InChI is InChI=1S/C10H9ClN4O2/c1-6-3-7(2)14(13-6)10-5-8(15(16)17)4-9(11)12-10/h3-5H,1-2H3. The molecule has 88 valence electrons. The molecule has 7 heteroatoms. The Kier molecular flexibility index (Phi) is 2.81. The smallest absolute Gasteiger partial charge is 0.258 e. The van der Waals surface area contributed by atoms with Gasteiger partial charge in [0.15, 0.2) is 5.82 Å². The molecule has 6 nitrogen and oxygen atoms in total. The maximum atomic E-state index is 10.7. The molecule has 0 aliphatic heterocycles. The summed E-state index contributed by atoms with van der Waals surface area (Å²) in [5, 5.41) is 15.0. The monoisotopic (exact) mass is 252 g/mol. The van der Waals surface area contributed by atoms with Gasteiger partial charge in [0.05, 0.1) is 22.7 Å². The van der Waals surface area contributed by atoms with Gasteiger partial charge >= 0.3 is 0 Å². The van der Waals surface area contributed by atoms with Crippen LogP contribution in [0.5, 0.6) is 0 Å². The van der Waals surface area contributed by atoms with E-state index in [-0.39, 0.29) is 10.8 Å². The Morgan fingerprint density at radius 2 is 2.06 bits per heavy atom. The first-order chi connectivity index (χ1) is 7.97. The third-order valence-electron chi connectivity index (χ3n) is 2.20. The predicted molar refractivity (Wildman–Crippen MR) is 62.5 cm³/mol. The molecule has 0 saturated carbocycles. The van der Waals surface area contributed by atoms with Crippen LogP contribution in [0.1, 0.15) is 11.4 Å². The average Bonchev–Trinajstić information content (AvgIpc) is 2.57. The summed E-state index contributed by atoms with van der Waals surface area (Å²) in [6.07, 6.45) is 0. The van der Waals surface area contributed by atoms with Crippen molar-refractivity contribution in [3.05, 3.63) is 44.9 Å². The minimum atomic E-state index is -0.511. The van der Waals surface area contributed by atoms with Gasteiger partial charge in [0.25, 0.3) is 5.69 Å². The Morgan fingerprint density at radius 1 is 1.35 bits per heavy atom. The summed E-state index contributed by atoms with van der Waals surface area (Å²) in [6.45, 7) is 3.68. The van der Waals surface area contributed by atoms with Gasteiger partial charge in [-0.05, 0) is 19.9 Å². The zero-order valence-electron chi connectivity index (χ0n) is 9.22. The fraction of sp³-hybridized carbons (Fsp3) is 0.200. The van der Waals surface area contributed by atoms with Gasteiger partial charge in [-0.1, -0.05) is 11.6 Å². The van der Waals surface area contributed by atoms with E-state index in [1.807, 2.05) is 19.9 Å². The molecule has 17 heavy (non-hydrogen) atoms. The lowest BCUT2D eigenvalue weighted by atomic mass is 10.4. The number of hydrogen-bond donors (Lipinski definition) is 0. The Bertz CT molecular complexity index is 594. The van der Waals surface area contributed by atoms with E-state index in [9.17, 15) is 10.1 Å². The third-order valence-corrected chi connectivity index (χ3v) is 2.40. The van der Waals surface area contributed by atoms with Gasteiger partial charge in [-0.2, -0.15) is 5.10 Å². The molecule has 0 aliphatic rings. The second-order valence-electron chi connectivity index (χ2n) is 3.60. The van der Waals surface area contributed by atoms with Crippen molar-refractivity contribution in [1.29, 1.82) is 0 Å². The van der Waals surface area contributed by atoms with Crippen LogP contribution in [0, 0.1) is 24.0 Å². The topological polar surface area (TPSA) is 73.8 Å². The highest BCUT2D eigenvalue weighted by Gasteiger charge is 2.13. The molecule has 0 radical (unpaired) electrons. The fourth-order valence-electron chi connectivity index (χ4n) is 1.54. The van der Waals surface area contributed by atoms with Gasteiger partial charge in [-0.3, -0.25) is 10.1 Å². The van der Waals surface area contributed by atoms with Gasteiger partial charge in [-0.25, -0.2) is 9.67 Å². The molecule has 0 unspecified atom stereocenters. The molecular weight excluding hydrogens is 244 g/mol. The van der Waals surface area contributed by atoms with Gasteiger partial charge in [0.1, 0.15) is 5.15 Å². The Morgan fingerprint density at radius 3 is 2.59 bits per heavy atom. The largest absolute Gasteiger partial charge is 0.276 e. The summed E-state index contributed by atoms with van der Waals surface area (Å²) in [4.78, 5) is 14.2. The number of rotatable bonds is 2. The van der Waals surface area contributed by atoms with E-state index in [0.717, 1.165) is 11.4 Å². The molecule has 2 rings (SSSR count). The fourth-order valence-corrected chi connectivity index (χ4v) is 1.74. The van der Waals surface area contributed by atoms with E-state index in [0.29, 0.717) is 5.82 Å². The van der Waals surface area contributed by atoms with Crippen LogP contribution in [0.2, 0.25) is 5.15 Å². The molecule has 2 aromatic rings. The van der Waals surface area contributed by atoms with Gasteiger partial charge < -0.3 is 0 Å². The molecule has 0 aliphatic carbocycles. The molecule has 0 spiro atoms. The zero-order chi connectivity index (χ0) is 12.6. The van der Waals surface area contributed by atoms with E-state index < -0.39 is 4.92 Å². The van der Waals surface area contributed by atoms with Gasteiger partial charge in [0.2, 0.25) is 0 Å². The zero-order valence-corrected chi connectivity index (χ0v) is 9.97. The molecule has 0 fully saturated rings. The first-order valence-electron chi connectivity index (χ1n) is 4.83. The second-order valence-corrected chi connectivity index (χ2v) is 3.99. The summed E-state index contributed by atoms with van der Waals surface area (Å²) < 4.78 is 1.52. The number of nitro groups is 1. The molecule has 0 atom stereocenters. The van der Waals surface area contributed by atoms with Crippen LogP contribution in [0.4, 0.5) is 5.69 Å². The van der Waals surface area contributed by atoms with Gasteiger partial charge in [-0.15, -0.1) is 0 Å². The normalized spacial score (nSPS) is 10.5. The minimum Gasteiger partial charge on any atom is -0.258 e. The predicted octanol–water partition coefficient (Wildman–Crippen LogP) is 2.45. The lowest BCUT2D eigenvalue weighted by Crippen LogP contribution is -2.03. The van der Waals surface area contributed by atoms with E-state index in [1.54, 1.807) is 0 Å². The first-order valence-corrected chi connectivity index (χ1v) is 5.21. The van der Waals surface area contributed by atoms with E-state index in [2.05, 4.69) is 10.1 Å². The summed E-state index contributed by atoms with van der Waals surface area (Å²) in [5.74, 6) is 0.342. The number of aryl methyl sites for hydroxylation is 2. The van der Waals surface area contributed by atoms with Crippen molar-refractivity contribution in [3.63, 3.8) is 0 Å². The SMILES string of the molecule is Cc1cc(C)n(-c2cc([N+](=O)[O-])cc(Cl)n2)n1. The van der Waals surface area contributed by atoms with Crippen LogP contribution >= 0.6 is 11.6 Å². The van der Waals surface area contributed by atoms with E-state index >= 15 is 0 Å². The molecule has 2 heterocycles. The maximum Gasteiger partial charge on any atom is 0.276 e. The van der Waals surface area contributed by atoms with Crippen molar-refractivity contribution < 1.29 is 4.92 Å². The van der Waals surface area contributed by atoms with Crippen molar-refractivity contribution in [1.82, 2.24) is 14.8 Å². The number of nitrogens with zero attached hydrogens (tertiary/aromatic N) is 4. The summed E-state index contributed by atoms with van der Waals surface area (Å²) >= 11 is 5.75. The number of pyridine rings is 1. The first kappa shape index (κ1) is 11.5. The Balaban J connectivity index is 2.59. The highest BCUT2D eigenvalue weighted by Crippen LogP contribution is 2.20. The van der Waals surface area contributed by atoms with Crippen LogP contribution in [0.15, 0.2) is 18.2 Å². The summed E-state index contributed by atoms with van der Waals surface area (Å²) in [5.41, 5.74) is 1.55. The quantitative estimate of drug-likeness (QED) is 0.467. The molecule has 0 amide bonds. The van der Waals surface area contributed by atoms with Crippen LogP contribution in [-0.2, 0) is 0 Å². The van der Waals surface area contributed by atoms with Crippen molar-refractivity contribution in [2.75, 3.05) is 0 Å². The highest BCUT2D eigenvalue weighted by molar-refractivity contribution is 6.29. The van der Waals surface area contributed by atoms with Crippen LogP contribution in [-0.4, -0.2) is 19.7 Å². The molecule has 0 bridgehead atoms. The van der Waals surface area contributed by atoms with Crippen molar-refractivity contribution in [3.8, 4) is 5.82 Å². The second kappa shape index (κ2) is 4.14. The van der Waals surface area contributed by atoms with E-state index in [4.69, 9.17) is 11.6 Å². The highest BCUT2D eigenvalue weighted by atomic mass is 35.5. The van der Waals surface area contributed by atoms with Crippen molar-refractivity contribution in [2.45, 2.75) is 13.8 Å². The lowest BCUT2D eigenvalue weighted by Gasteiger charge is -2.03. The molecule has 0 saturated heterocycles. The number of aromatic nitrogens is 3. The lowest BCUT2D eigenvalue weighted by molar-refractivity contribution is -0.384. The third kappa shape index (κ3) is 2.26. The maximum absolute atomic E-state index is 10.7. The van der Waals surface area contributed by atoms with Crippen molar-refractivity contribution >= 4 is 17.3 Å². The van der Waals surface area contributed by atoms with Crippen molar-refractivity contribution in [2.24, 2.45) is 0 Å². The van der Waals surface area contributed by atoms with E-state index in [1.165, 1.54) is 16.8 Å². The van der Waals surface area contributed by atoms with Crippen LogP contribution < -0.4 is 0 Å². The minimum absolute atomic E-state index is 0.0711. The summed E-state index contributed by atoms with van der Waals surface area (Å²) in [7, 11) is 0. The average molecular weight is 253 g/mol. The molecule has 0 aromatic carbocycles. The molecule has 2 aromatic heterocycles. The molecule has 0 N–H and O–H groups in total. The van der Waals surface area contributed by atoms with Gasteiger partial charge in [0, 0.05) is 5.69 Å². The Labute approximate surface area is 102 Å². The number of hydrogen-bond acceptors (Lipinski definition) is 4. The van der Waals surface area contributed by atoms with Crippen LogP contribution in [0.3, 0.4) is 0 Å². The molecular formula is C10H9ClN4O2. The summed E-state index contributed by atoms with van der Waals surface area (Å²) in [6, 6.07) is 4.40. The Hall–Kier alpha value is -1.95. The number of halogens is 1. The van der Waals surface area contributed by atoms with Crippen LogP contribution in [0.25, 0.3) is 5.82 Å².